The molecule has 0 spiro atoms. The molecule has 4 nitrogen and oxygen atoms in total. The summed E-state index contributed by atoms with van der Waals surface area (Å²) in [6, 6.07) is 22.8. The minimum atomic E-state index is -0.148. The SMILES string of the molecule is O=C(Nc1ccc(NCCc2cscn2)cc1)c1ccccc1-c1ccc(Cl)cc1. The van der Waals surface area contributed by atoms with Crippen LogP contribution in [0.5, 0.6) is 0 Å². The van der Waals surface area contributed by atoms with E-state index >= 15 is 0 Å². The Bertz CT molecular complexity index is 1110. The third kappa shape index (κ3) is 5.06. The zero-order chi connectivity index (χ0) is 20.8. The van der Waals surface area contributed by atoms with Crippen molar-refractivity contribution in [3.05, 3.63) is 100.0 Å². The first-order valence-corrected chi connectivity index (χ1v) is 10.9. The second-order valence-electron chi connectivity index (χ2n) is 6.74. The first-order valence-electron chi connectivity index (χ1n) is 9.56. The van der Waals surface area contributed by atoms with Crippen LogP contribution in [0.1, 0.15) is 16.1 Å². The first kappa shape index (κ1) is 20.1. The number of nitrogens with one attached hydrogen (secondary N) is 2. The summed E-state index contributed by atoms with van der Waals surface area (Å²) in [4.78, 5) is 17.2. The van der Waals surface area contributed by atoms with Gasteiger partial charge in [0.1, 0.15) is 0 Å². The lowest BCUT2D eigenvalue weighted by Crippen LogP contribution is -2.13. The summed E-state index contributed by atoms with van der Waals surface area (Å²) in [5.41, 5.74) is 7.12. The topological polar surface area (TPSA) is 54.0 Å². The van der Waals surface area contributed by atoms with Gasteiger partial charge in [-0.25, -0.2) is 4.98 Å². The fourth-order valence-corrected chi connectivity index (χ4v) is 3.85. The van der Waals surface area contributed by atoms with Crippen molar-refractivity contribution >= 4 is 40.2 Å². The molecule has 0 atom stereocenters. The number of halogens is 1. The zero-order valence-corrected chi connectivity index (χ0v) is 17.7. The van der Waals surface area contributed by atoms with Gasteiger partial charge in [-0.05, 0) is 53.6 Å². The van der Waals surface area contributed by atoms with Gasteiger partial charge in [-0.2, -0.15) is 0 Å². The zero-order valence-electron chi connectivity index (χ0n) is 16.1. The number of carbonyl (C=O) groups is 1. The summed E-state index contributed by atoms with van der Waals surface area (Å²) in [6.45, 7) is 0.809. The summed E-state index contributed by atoms with van der Waals surface area (Å²) < 4.78 is 0. The van der Waals surface area contributed by atoms with Crippen LogP contribution in [0.2, 0.25) is 5.02 Å². The Kier molecular flexibility index (Phi) is 6.42. The summed E-state index contributed by atoms with van der Waals surface area (Å²) in [5, 5.41) is 9.08. The van der Waals surface area contributed by atoms with Crippen LogP contribution in [-0.4, -0.2) is 17.4 Å². The van der Waals surface area contributed by atoms with E-state index in [0.29, 0.717) is 10.6 Å². The maximum absolute atomic E-state index is 12.9. The average Bonchev–Trinajstić information content (AvgIpc) is 3.29. The fourth-order valence-electron chi connectivity index (χ4n) is 3.13. The Morgan fingerprint density at radius 2 is 1.67 bits per heavy atom. The number of hydrogen-bond donors (Lipinski definition) is 2. The van der Waals surface area contributed by atoms with Crippen LogP contribution in [-0.2, 0) is 6.42 Å². The Labute approximate surface area is 184 Å². The van der Waals surface area contributed by atoms with Crippen molar-refractivity contribution in [2.45, 2.75) is 6.42 Å². The molecular weight excluding hydrogens is 414 g/mol. The summed E-state index contributed by atoms with van der Waals surface area (Å²) in [7, 11) is 0. The summed E-state index contributed by atoms with van der Waals surface area (Å²) >= 11 is 7.60. The molecule has 4 rings (SSSR count). The van der Waals surface area contributed by atoms with E-state index in [1.807, 2.05) is 78.3 Å². The Balaban J connectivity index is 1.41. The minimum absolute atomic E-state index is 0.148. The molecule has 0 bridgehead atoms. The molecule has 4 aromatic rings. The molecule has 1 amide bonds. The standard InChI is InChI=1S/C24H20ClN3OS/c25-18-7-5-17(6-8-18)22-3-1-2-4-23(22)24(29)28-20-11-9-19(10-12-20)26-14-13-21-15-30-16-27-21/h1-12,15-16,26H,13-14H2,(H,28,29). The number of benzene rings is 3. The molecule has 30 heavy (non-hydrogen) atoms. The average molecular weight is 434 g/mol. The number of anilines is 2. The number of carbonyl (C=O) groups excluding carboxylic acids is 1. The van der Waals surface area contributed by atoms with Gasteiger partial charge >= 0.3 is 0 Å². The number of thiazole rings is 1. The number of nitrogens with zero attached hydrogens (tertiary/aromatic N) is 1. The maximum atomic E-state index is 12.9. The molecule has 1 heterocycles. The monoisotopic (exact) mass is 433 g/mol. The van der Waals surface area contributed by atoms with E-state index in [1.54, 1.807) is 11.3 Å². The Morgan fingerprint density at radius 3 is 2.40 bits per heavy atom. The van der Waals surface area contributed by atoms with Crippen molar-refractivity contribution in [3.8, 4) is 11.1 Å². The van der Waals surface area contributed by atoms with Crippen LogP contribution in [0.4, 0.5) is 11.4 Å². The quantitative estimate of drug-likeness (QED) is 0.356. The van der Waals surface area contributed by atoms with E-state index in [1.165, 1.54) is 0 Å². The second-order valence-corrected chi connectivity index (χ2v) is 7.90. The van der Waals surface area contributed by atoms with Crippen molar-refractivity contribution in [2.24, 2.45) is 0 Å². The molecule has 0 radical (unpaired) electrons. The molecule has 0 aliphatic carbocycles. The first-order chi connectivity index (χ1) is 14.7. The lowest BCUT2D eigenvalue weighted by Gasteiger charge is -2.11. The highest BCUT2D eigenvalue weighted by atomic mass is 35.5. The van der Waals surface area contributed by atoms with Crippen molar-refractivity contribution < 1.29 is 4.79 Å². The van der Waals surface area contributed by atoms with Gasteiger partial charge in [-0.3, -0.25) is 4.79 Å². The molecule has 0 aliphatic heterocycles. The number of rotatable bonds is 7. The molecular formula is C24H20ClN3OS. The van der Waals surface area contributed by atoms with Crippen molar-refractivity contribution in [3.63, 3.8) is 0 Å². The summed E-state index contributed by atoms with van der Waals surface area (Å²) in [6.07, 6.45) is 0.878. The van der Waals surface area contributed by atoms with Crippen molar-refractivity contribution in [1.82, 2.24) is 4.98 Å². The van der Waals surface area contributed by atoms with Crippen LogP contribution in [0.25, 0.3) is 11.1 Å². The highest BCUT2D eigenvalue weighted by Gasteiger charge is 2.12. The predicted molar refractivity (Wildman–Crippen MR) is 126 cm³/mol. The smallest absolute Gasteiger partial charge is 0.256 e. The van der Waals surface area contributed by atoms with Gasteiger partial charge in [0.05, 0.1) is 11.2 Å². The van der Waals surface area contributed by atoms with E-state index in [2.05, 4.69) is 21.0 Å². The molecule has 0 saturated carbocycles. The molecule has 2 N–H and O–H groups in total. The summed E-state index contributed by atoms with van der Waals surface area (Å²) in [5.74, 6) is -0.148. The third-order valence-electron chi connectivity index (χ3n) is 4.66. The Hall–Kier alpha value is -3.15. The lowest BCUT2D eigenvalue weighted by molar-refractivity contribution is 0.102. The van der Waals surface area contributed by atoms with E-state index in [9.17, 15) is 4.79 Å². The molecule has 0 saturated heterocycles. The van der Waals surface area contributed by atoms with E-state index < -0.39 is 0 Å². The predicted octanol–water partition coefficient (Wildman–Crippen LogP) is 6.37. The van der Waals surface area contributed by atoms with Crippen molar-refractivity contribution in [1.29, 1.82) is 0 Å². The molecule has 0 fully saturated rings. The van der Waals surface area contributed by atoms with E-state index in [0.717, 1.165) is 41.2 Å². The molecule has 0 unspecified atom stereocenters. The molecule has 150 valence electrons. The normalized spacial score (nSPS) is 10.6. The van der Waals surface area contributed by atoms with Crippen LogP contribution in [0.3, 0.4) is 0 Å². The van der Waals surface area contributed by atoms with Crippen molar-refractivity contribution in [2.75, 3.05) is 17.2 Å². The van der Waals surface area contributed by atoms with Gasteiger partial charge in [-0.1, -0.05) is 41.9 Å². The highest BCUT2D eigenvalue weighted by molar-refractivity contribution is 7.07. The van der Waals surface area contributed by atoms with E-state index in [-0.39, 0.29) is 5.91 Å². The van der Waals surface area contributed by atoms with Gasteiger partial charge in [0.25, 0.3) is 5.91 Å². The van der Waals surface area contributed by atoms with Gasteiger partial charge < -0.3 is 10.6 Å². The molecule has 1 aromatic heterocycles. The van der Waals surface area contributed by atoms with Gasteiger partial charge in [0.15, 0.2) is 0 Å². The van der Waals surface area contributed by atoms with Gasteiger partial charge in [0.2, 0.25) is 0 Å². The maximum Gasteiger partial charge on any atom is 0.256 e. The van der Waals surface area contributed by atoms with Crippen LogP contribution < -0.4 is 10.6 Å². The van der Waals surface area contributed by atoms with E-state index in [4.69, 9.17) is 11.6 Å². The molecule has 0 aliphatic rings. The highest BCUT2D eigenvalue weighted by Crippen LogP contribution is 2.26. The Morgan fingerprint density at radius 1 is 0.933 bits per heavy atom. The number of hydrogen-bond acceptors (Lipinski definition) is 4. The van der Waals surface area contributed by atoms with Gasteiger partial charge in [0, 0.05) is 40.3 Å². The van der Waals surface area contributed by atoms with Crippen LogP contribution in [0.15, 0.2) is 83.7 Å². The second kappa shape index (κ2) is 9.57. The number of aromatic nitrogens is 1. The van der Waals surface area contributed by atoms with Crippen LogP contribution in [0, 0.1) is 0 Å². The lowest BCUT2D eigenvalue weighted by atomic mass is 9.99. The number of amides is 1. The fraction of sp³-hybridized carbons (Fsp3) is 0.0833. The third-order valence-corrected chi connectivity index (χ3v) is 5.55. The minimum Gasteiger partial charge on any atom is -0.385 e. The van der Waals surface area contributed by atoms with Crippen LogP contribution >= 0.6 is 22.9 Å². The molecule has 3 aromatic carbocycles. The van der Waals surface area contributed by atoms with Gasteiger partial charge in [-0.15, -0.1) is 11.3 Å². The molecule has 6 heteroatoms. The largest absolute Gasteiger partial charge is 0.385 e.